The topological polar surface area (TPSA) is 40.2 Å². The molecule has 23 heavy (non-hydrogen) atoms. The zero-order valence-corrected chi connectivity index (χ0v) is 15.3. The summed E-state index contributed by atoms with van der Waals surface area (Å²) in [6, 6.07) is 0. The minimum Gasteiger partial charge on any atom is -0.377 e. The molecule has 0 amide bonds. The zero-order valence-electron chi connectivity index (χ0n) is 14.3. The molecule has 1 saturated heterocycles. The van der Waals surface area contributed by atoms with Crippen LogP contribution in [0.3, 0.4) is 0 Å². The highest BCUT2D eigenvalue weighted by molar-refractivity contribution is 6.62. The van der Waals surface area contributed by atoms with Crippen molar-refractivity contribution in [2.75, 3.05) is 21.3 Å². The van der Waals surface area contributed by atoms with Crippen LogP contribution in [0.2, 0.25) is 5.54 Å². The summed E-state index contributed by atoms with van der Waals surface area (Å²) in [7, 11) is 2.87. The van der Waals surface area contributed by atoms with Crippen molar-refractivity contribution in [2.24, 2.45) is 47.3 Å². The molecule has 0 radical (unpaired) electrons. The molecule has 6 rings (SSSR count). The van der Waals surface area contributed by atoms with E-state index in [1.165, 1.54) is 25.7 Å². The Balaban J connectivity index is 1.29. The van der Waals surface area contributed by atoms with Crippen LogP contribution in [0.4, 0.5) is 0 Å². The summed E-state index contributed by atoms with van der Waals surface area (Å²) < 4.78 is 23.5. The molecule has 0 N–H and O–H groups in total. The second-order valence-electron chi connectivity index (χ2n) is 9.06. The first kappa shape index (κ1) is 14.2. The summed E-state index contributed by atoms with van der Waals surface area (Å²) in [5.74, 6) is 7.59. The van der Waals surface area contributed by atoms with Gasteiger partial charge >= 0.3 is 8.80 Å². The van der Waals surface area contributed by atoms with Crippen LogP contribution < -0.4 is 0 Å². The van der Waals surface area contributed by atoms with E-state index < -0.39 is 8.80 Å². The maximum Gasteiger partial charge on any atom is 0.503 e. The predicted octanol–water partition coefficient (Wildman–Crippen LogP) is 2.56. The van der Waals surface area contributed by atoms with Gasteiger partial charge in [-0.25, -0.2) is 0 Å². The van der Waals surface area contributed by atoms with E-state index in [9.17, 15) is 0 Å². The third-order valence-corrected chi connectivity index (χ3v) is 12.2. The van der Waals surface area contributed by atoms with E-state index >= 15 is 0 Å². The SMILES string of the molecule is CO[Si](OC)(OC)C1CC2C(C1)C1CC2C2C3CC(C4OC34)C12. The lowest BCUT2D eigenvalue weighted by Gasteiger charge is -2.39. The molecule has 4 nitrogen and oxygen atoms in total. The average Bonchev–Trinajstić information content (AvgIpc) is 3.01. The van der Waals surface area contributed by atoms with Crippen molar-refractivity contribution in [3.05, 3.63) is 0 Å². The van der Waals surface area contributed by atoms with E-state index in [1.54, 1.807) is 21.3 Å². The van der Waals surface area contributed by atoms with Gasteiger partial charge in [0.2, 0.25) is 0 Å². The molecular formula is C18H28O4Si. The lowest BCUT2D eigenvalue weighted by molar-refractivity contribution is 0.0832. The Kier molecular flexibility index (Phi) is 2.74. The molecule has 5 heteroatoms. The molecule has 1 heterocycles. The molecule has 4 bridgehead atoms. The quantitative estimate of drug-likeness (QED) is 0.449. The minimum absolute atomic E-state index is 0.519. The van der Waals surface area contributed by atoms with Gasteiger partial charge in [-0.2, -0.15) is 0 Å². The second-order valence-corrected chi connectivity index (χ2v) is 12.3. The summed E-state index contributed by atoms with van der Waals surface area (Å²) in [6.45, 7) is 0. The van der Waals surface area contributed by atoms with Gasteiger partial charge in [-0.05, 0) is 73.0 Å². The van der Waals surface area contributed by atoms with Gasteiger partial charge in [-0.15, -0.1) is 0 Å². The smallest absolute Gasteiger partial charge is 0.377 e. The standard InChI is InChI=1S/C18H28O4Si/c1-19-23(20-2,21-3)8-4-9-10(5-8)12-6-11(9)15-13-7-14(16(12)15)18-17(13)22-18/h8-18H,4-7H2,1-3H3. The van der Waals surface area contributed by atoms with E-state index in [2.05, 4.69) is 0 Å². The molecule has 6 aliphatic rings. The zero-order chi connectivity index (χ0) is 15.5. The number of fused-ring (bicyclic) bond motifs is 15. The molecule has 6 fully saturated rings. The Bertz CT molecular complexity index is 495. The summed E-state index contributed by atoms with van der Waals surface area (Å²) in [6.07, 6.45) is 6.91. The van der Waals surface area contributed by atoms with Crippen LogP contribution in [0, 0.1) is 47.3 Å². The van der Waals surface area contributed by atoms with Gasteiger partial charge in [0.05, 0.1) is 12.2 Å². The van der Waals surface area contributed by atoms with E-state index in [4.69, 9.17) is 18.0 Å². The third kappa shape index (κ3) is 1.49. The van der Waals surface area contributed by atoms with Crippen LogP contribution in [0.5, 0.6) is 0 Å². The lowest BCUT2D eigenvalue weighted by Crippen LogP contribution is -2.47. The Morgan fingerprint density at radius 2 is 1.13 bits per heavy atom. The average molecular weight is 337 g/mol. The van der Waals surface area contributed by atoms with Crippen molar-refractivity contribution in [2.45, 2.75) is 43.4 Å². The second kappa shape index (κ2) is 4.42. The molecule has 5 saturated carbocycles. The van der Waals surface area contributed by atoms with E-state index in [1.807, 2.05) is 0 Å². The fourth-order valence-electron chi connectivity index (χ4n) is 8.61. The van der Waals surface area contributed by atoms with Crippen molar-refractivity contribution in [1.29, 1.82) is 0 Å². The van der Waals surface area contributed by atoms with Crippen LogP contribution in [-0.2, 0) is 18.0 Å². The van der Waals surface area contributed by atoms with Gasteiger partial charge in [0.1, 0.15) is 0 Å². The van der Waals surface area contributed by atoms with Crippen LogP contribution in [0.15, 0.2) is 0 Å². The number of hydrogen-bond acceptors (Lipinski definition) is 4. The fraction of sp³-hybridized carbons (Fsp3) is 1.00. The normalized spacial score (nSPS) is 60.9. The first-order chi connectivity index (χ1) is 11.2. The highest BCUT2D eigenvalue weighted by Crippen LogP contribution is 2.77. The lowest BCUT2D eigenvalue weighted by atomic mass is 9.64. The fourth-order valence-corrected chi connectivity index (χ4v) is 11.2. The highest BCUT2D eigenvalue weighted by atomic mass is 28.4. The predicted molar refractivity (Wildman–Crippen MR) is 85.6 cm³/mol. The Morgan fingerprint density at radius 1 is 0.652 bits per heavy atom. The molecule has 0 aromatic carbocycles. The molecule has 1 aliphatic heterocycles. The summed E-state index contributed by atoms with van der Waals surface area (Å²) >= 11 is 0. The van der Waals surface area contributed by atoms with E-state index in [0.717, 1.165) is 47.3 Å². The maximum atomic E-state index is 6.00. The Morgan fingerprint density at radius 3 is 1.61 bits per heavy atom. The van der Waals surface area contributed by atoms with Crippen molar-refractivity contribution >= 4 is 8.80 Å². The van der Waals surface area contributed by atoms with Crippen LogP contribution in [-0.4, -0.2) is 42.3 Å². The summed E-state index contributed by atoms with van der Waals surface area (Å²) in [5, 5.41) is 0. The van der Waals surface area contributed by atoms with Crippen LogP contribution in [0.1, 0.15) is 25.7 Å². The van der Waals surface area contributed by atoms with Crippen molar-refractivity contribution < 1.29 is 18.0 Å². The first-order valence-electron chi connectivity index (χ1n) is 9.53. The number of epoxide rings is 1. The third-order valence-electron chi connectivity index (χ3n) is 9.03. The molecule has 10 atom stereocenters. The first-order valence-corrected chi connectivity index (χ1v) is 11.3. The Labute approximate surface area is 139 Å². The van der Waals surface area contributed by atoms with E-state index in [-0.39, 0.29) is 0 Å². The van der Waals surface area contributed by atoms with Gasteiger partial charge in [0.25, 0.3) is 0 Å². The Hall–Kier alpha value is 0.0569. The number of ether oxygens (including phenoxy) is 1. The van der Waals surface area contributed by atoms with Gasteiger partial charge in [0, 0.05) is 26.9 Å². The molecule has 128 valence electrons. The number of rotatable bonds is 4. The molecule has 0 spiro atoms. The van der Waals surface area contributed by atoms with Gasteiger partial charge < -0.3 is 18.0 Å². The molecule has 10 unspecified atom stereocenters. The van der Waals surface area contributed by atoms with E-state index in [0.29, 0.717) is 17.7 Å². The van der Waals surface area contributed by atoms with Crippen molar-refractivity contribution in [3.63, 3.8) is 0 Å². The van der Waals surface area contributed by atoms with Crippen LogP contribution >= 0.6 is 0 Å². The molecule has 5 aliphatic carbocycles. The van der Waals surface area contributed by atoms with Crippen LogP contribution in [0.25, 0.3) is 0 Å². The number of hydrogen-bond donors (Lipinski definition) is 0. The molecule has 0 aromatic heterocycles. The van der Waals surface area contributed by atoms with Crippen molar-refractivity contribution in [1.82, 2.24) is 0 Å². The minimum atomic E-state index is -2.47. The molecule has 0 aromatic rings. The van der Waals surface area contributed by atoms with Gasteiger partial charge in [-0.1, -0.05) is 0 Å². The van der Waals surface area contributed by atoms with Gasteiger partial charge in [-0.3, -0.25) is 0 Å². The monoisotopic (exact) mass is 336 g/mol. The largest absolute Gasteiger partial charge is 0.503 e. The highest BCUT2D eigenvalue weighted by Gasteiger charge is 2.76. The van der Waals surface area contributed by atoms with Crippen molar-refractivity contribution in [3.8, 4) is 0 Å². The molecular weight excluding hydrogens is 308 g/mol. The summed E-state index contributed by atoms with van der Waals surface area (Å²) in [5.41, 5.74) is 0.519. The summed E-state index contributed by atoms with van der Waals surface area (Å²) in [4.78, 5) is 0. The maximum absolute atomic E-state index is 6.00. The van der Waals surface area contributed by atoms with Gasteiger partial charge in [0.15, 0.2) is 0 Å².